The molecule has 1 atom stereocenters. The fraction of sp³-hybridized carbons (Fsp3) is 0.308. The number of carbonyl (C=O) groups is 1. The van der Waals surface area contributed by atoms with Gasteiger partial charge in [0.25, 0.3) is 0 Å². The molecule has 0 amide bonds. The predicted octanol–water partition coefficient (Wildman–Crippen LogP) is 1.86. The summed E-state index contributed by atoms with van der Waals surface area (Å²) in [7, 11) is 0. The van der Waals surface area contributed by atoms with Crippen molar-refractivity contribution in [2.45, 2.75) is 12.7 Å². The SMILES string of the molecule is C=CC(COCC(=O)O)OCc1ccccc1. The van der Waals surface area contributed by atoms with E-state index in [1.807, 2.05) is 30.3 Å². The fourth-order valence-corrected chi connectivity index (χ4v) is 1.22. The first-order chi connectivity index (χ1) is 8.22. The number of rotatable bonds is 8. The van der Waals surface area contributed by atoms with Gasteiger partial charge in [0.1, 0.15) is 6.61 Å². The molecule has 4 nitrogen and oxygen atoms in total. The molecule has 0 aromatic heterocycles. The molecule has 0 saturated heterocycles. The van der Waals surface area contributed by atoms with Crippen molar-refractivity contribution in [1.29, 1.82) is 0 Å². The van der Waals surface area contributed by atoms with Gasteiger partial charge in [0.15, 0.2) is 0 Å². The standard InChI is InChI=1S/C13H16O4/c1-2-12(9-16-10-13(14)15)17-8-11-6-4-3-5-7-11/h2-7,12H,1,8-10H2,(H,14,15). The molecular weight excluding hydrogens is 220 g/mol. The van der Waals surface area contributed by atoms with E-state index in [4.69, 9.17) is 14.6 Å². The smallest absolute Gasteiger partial charge is 0.329 e. The van der Waals surface area contributed by atoms with Crippen molar-refractivity contribution >= 4 is 5.97 Å². The summed E-state index contributed by atoms with van der Waals surface area (Å²) in [5.74, 6) is -0.990. The number of carboxylic acids is 1. The zero-order valence-electron chi connectivity index (χ0n) is 9.54. The Balaban J connectivity index is 2.27. The predicted molar refractivity (Wildman–Crippen MR) is 63.7 cm³/mol. The third-order valence-electron chi connectivity index (χ3n) is 2.08. The van der Waals surface area contributed by atoms with Gasteiger partial charge in [0.2, 0.25) is 0 Å². The summed E-state index contributed by atoms with van der Waals surface area (Å²) < 4.78 is 10.5. The summed E-state index contributed by atoms with van der Waals surface area (Å²) in [5.41, 5.74) is 1.05. The van der Waals surface area contributed by atoms with Gasteiger partial charge in [0, 0.05) is 0 Å². The molecule has 0 aliphatic rings. The van der Waals surface area contributed by atoms with E-state index in [0.29, 0.717) is 6.61 Å². The second-order valence-electron chi connectivity index (χ2n) is 3.48. The highest BCUT2D eigenvalue weighted by Gasteiger charge is 2.06. The maximum Gasteiger partial charge on any atom is 0.329 e. The number of hydrogen-bond donors (Lipinski definition) is 1. The molecule has 1 aromatic rings. The van der Waals surface area contributed by atoms with Gasteiger partial charge in [0.05, 0.1) is 19.3 Å². The Morgan fingerprint density at radius 3 is 2.71 bits per heavy atom. The van der Waals surface area contributed by atoms with E-state index < -0.39 is 5.97 Å². The maximum absolute atomic E-state index is 10.3. The van der Waals surface area contributed by atoms with Gasteiger partial charge < -0.3 is 14.6 Å². The van der Waals surface area contributed by atoms with E-state index in [1.165, 1.54) is 0 Å². The van der Waals surface area contributed by atoms with Crippen molar-refractivity contribution in [3.05, 3.63) is 48.6 Å². The molecule has 1 unspecified atom stereocenters. The lowest BCUT2D eigenvalue weighted by Gasteiger charge is -2.13. The second kappa shape index (κ2) is 7.60. The van der Waals surface area contributed by atoms with Gasteiger partial charge >= 0.3 is 5.97 Å². The fourth-order valence-electron chi connectivity index (χ4n) is 1.22. The summed E-state index contributed by atoms with van der Waals surface area (Å²) in [5, 5.41) is 8.42. The van der Waals surface area contributed by atoms with Crippen LogP contribution in [0, 0.1) is 0 Å². The Hall–Kier alpha value is -1.65. The minimum Gasteiger partial charge on any atom is -0.480 e. The Kier molecular flexibility index (Phi) is 5.99. The number of benzene rings is 1. The van der Waals surface area contributed by atoms with Crippen LogP contribution in [-0.2, 0) is 20.9 Å². The van der Waals surface area contributed by atoms with Crippen LogP contribution in [-0.4, -0.2) is 30.4 Å². The monoisotopic (exact) mass is 236 g/mol. The Morgan fingerprint density at radius 2 is 2.12 bits per heavy atom. The number of carboxylic acid groups (broad SMARTS) is 1. The van der Waals surface area contributed by atoms with Gasteiger partial charge in [-0.3, -0.25) is 0 Å². The van der Waals surface area contributed by atoms with Crippen LogP contribution < -0.4 is 0 Å². The maximum atomic E-state index is 10.3. The van der Waals surface area contributed by atoms with E-state index in [0.717, 1.165) is 5.56 Å². The van der Waals surface area contributed by atoms with Crippen molar-refractivity contribution in [2.24, 2.45) is 0 Å². The normalized spacial score (nSPS) is 12.0. The Bertz CT molecular complexity index is 348. The summed E-state index contributed by atoms with van der Waals surface area (Å²) >= 11 is 0. The lowest BCUT2D eigenvalue weighted by atomic mass is 10.2. The van der Waals surface area contributed by atoms with E-state index >= 15 is 0 Å². The first-order valence-electron chi connectivity index (χ1n) is 5.30. The molecule has 17 heavy (non-hydrogen) atoms. The van der Waals surface area contributed by atoms with Crippen molar-refractivity contribution in [2.75, 3.05) is 13.2 Å². The highest BCUT2D eigenvalue weighted by atomic mass is 16.5. The summed E-state index contributed by atoms with van der Waals surface area (Å²) in [6.07, 6.45) is 1.31. The van der Waals surface area contributed by atoms with Crippen LogP contribution in [0.5, 0.6) is 0 Å². The highest BCUT2D eigenvalue weighted by molar-refractivity contribution is 5.67. The first kappa shape index (κ1) is 13.4. The van der Waals surface area contributed by atoms with Crippen LogP contribution in [0.15, 0.2) is 43.0 Å². The molecule has 0 spiro atoms. The van der Waals surface area contributed by atoms with Crippen molar-refractivity contribution in [3.63, 3.8) is 0 Å². The van der Waals surface area contributed by atoms with Gasteiger partial charge in [-0.1, -0.05) is 36.4 Å². The molecule has 92 valence electrons. The third-order valence-corrected chi connectivity index (χ3v) is 2.08. The lowest BCUT2D eigenvalue weighted by molar-refractivity contribution is -0.143. The summed E-state index contributed by atoms with van der Waals surface area (Å²) in [4.78, 5) is 10.3. The van der Waals surface area contributed by atoms with Crippen molar-refractivity contribution < 1.29 is 19.4 Å². The molecule has 0 radical (unpaired) electrons. The molecule has 0 aliphatic heterocycles. The highest BCUT2D eigenvalue weighted by Crippen LogP contribution is 2.04. The number of aliphatic carboxylic acids is 1. The van der Waals surface area contributed by atoms with Crippen LogP contribution in [0.1, 0.15) is 5.56 Å². The zero-order chi connectivity index (χ0) is 12.5. The minimum absolute atomic E-state index is 0.197. The summed E-state index contributed by atoms with van der Waals surface area (Å²) in [6.45, 7) is 3.95. The van der Waals surface area contributed by atoms with Gasteiger partial charge in [-0.05, 0) is 5.56 Å². The van der Waals surface area contributed by atoms with Crippen molar-refractivity contribution in [3.8, 4) is 0 Å². The van der Waals surface area contributed by atoms with Crippen LogP contribution in [0.3, 0.4) is 0 Å². The quantitative estimate of drug-likeness (QED) is 0.700. The van der Waals surface area contributed by atoms with Crippen LogP contribution in [0.25, 0.3) is 0 Å². The molecule has 1 rings (SSSR count). The zero-order valence-corrected chi connectivity index (χ0v) is 9.54. The van der Waals surface area contributed by atoms with E-state index in [-0.39, 0.29) is 19.3 Å². The molecular formula is C13H16O4. The van der Waals surface area contributed by atoms with E-state index in [1.54, 1.807) is 6.08 Å². The largest absolute Gasteiger partial charge is 0.480 e. The molecule has 0 heterocycles. The first-order valence-corrected chi connectivity index (χ1v) is 5.30. The van der Waals surface area contributed by atoms with Gasteiger partial charge in [-0.2, -0.15) is 0 Å². The molecule has 0 bridgehead atoms. The van der Waals surface area contributed by atoms with Crippen molar-refractivity contribution in [1.82, 2.24) is 0 Å². The Labute approximate surface area is 100 Å². The number of ether oxygens (including phenoxy) is 2. The topological polar surface area (TPSA) is 55.8 Å². The van der Waals surface area contributed by atoms with Crippen LogP contribution in [0.2, 0.25) is 0 Å². The van der Waals surface area contributed by atoms with E-state index in [9.17, 15) is 4.79 Å². The van der Waals surface area contributed by atoms with Gasteiger partial charge in [-0.15, -0.1) is 6.58 Å². The average Bonchev–Trinajstić information content (AvgIpc) is 2.34. The van der Waals surface area contributed by atoms with Crippen LogP contribution in [0.4, 0.5) is 0 Å². The molecule has 0 saturated carbocycles. The molecule has 0 fully saturated rings. The molecule has 4 heteroatoms. The Morgan fingerprint density at radius 1 is 1.41 bits per heavy atom. The van der Waals surface area contributed by atoms with Gasteiger partial charge in [-0.25, -0.2) is 4.79 Å². The minimum atomic E-state index is -0.990. The second-order valence-corrected chi connectivity index (χ2v) is 3.48. The average molecular weight is 236 g/mol. The lowest BCUT2D eigenvalue weighted by Crippen LogP contribution is -2.19. The third kappa shape index (κ3) is 5.85. The summed E-state index contributed by atoms with van der Waals surface area (Å²) in [6, 6.07) is 9.71. The molecule has 1 aromatic carbocycles. The number of hydrogen-bond acceptors (Lipinski definition) is 3. The van der Waals surface area contributed by atoms with E-state index in [2.05, 4.69) is 6.58 Å². The van der Waals surface area contributed by atoms with Crippen LogP contribution >= 0.6 is 0 Å². The molecule has 1 N–H and O–H groups in total. The molecule has 0 aliphatic carbocycles.